The highest BCUT2D eigenvalue weighted by Crippen LogP contribution is 2.16. The highest BCUT2D eigenvalue weighted by atomic mass is 16.4. The van der Waals surface area contributed by atoms with Crippen molar-refractivity contribution in [3.63, 3.8) is 0 Å². The standard InChI is InChI=1S/C10H10N4O2/c1-7-12-13-10(14(7)6-9(15)16)8-3-2-4-11-5-8/h2-5H,6H2,1H3,(H,15,16). The average Bonchev–Trinajstić information content (AvgIpc) is 2.61. The SMILES string of the molecule is Cc1nnc(-c2cccnc2)n1CC(=O)O. The molecule has 2 aromatic heterocycles. The first-order chi connectivity index (χ1) is 7.68. The Hall–Kier alpha value is -2.24. The summed E-state index contributed by atoms with van der Waals surface area (Å²) in [6.45, 7) is 1.57. The van der Waals surface area contributed by atoms with Crippen molar-refractivity contribution in [1.29, 1.82) is 0 Å². The number of carboxylic acid groups (broad SMARTS) is 1. The second-order valence-electron chi connectivity index (χ2n) is 3.29. The third kappa shape index (κ3) is 1.90. The predicted octanol–water partition coefficient (Wildman–Crippen LogP) is 0.733. The second kappa shape index (κ2) is 4.09. The largest absolute Gasteiger partial charge is 0.480 e. The van der Waals surface area contributed by atoms with Crippen LogP contribution in [0.3, 0.4) is 0 Å². The average molecular weight is 218 g/mol. The first-order valence-electron chi connectivity index (χ1n) is 4.70. The Morgan fingerprint density at radius 1 is 1.50 bits per heavy atom. The summed E-state index contributed by atoms with van der Waals surface area (Å²) >= 11 is 0. The molecule has 6 nitrogen and oxygen atoms in total. The van der Waals surface area contributed by atoms with E-state index in [1.165, 1.54) is 0 Å². The van der Waals surface area contributed by atoms with Gasteiger partial charge in [0, 0.05) is 18.0 Å². The smallest absolute Gasteiger partial charge is 0.323 e. The van der Waals surface area contributed by atoms with Crippen molar-refractivity contribution >= 4 is 5.97 Å². The van der Waals surface area contributed by atoms with Gasteiger partial charge >= 0.3 is 5.97 Å². The molecule has 0 saturated carbocycles. The minimum absolute atomic E-state index is 0.150. The maximum atomic E-state index is 10.7. The van der Waals surface area contributed by atoms with Gasteiger partial charge in [0.25, 0.3) is 0 Å². The molecule has 1 N–H and O–H groups in total. The molecule has 2 aromatic rings. The summed E-state index contributed by atoms with van der Waals surface area (Å²) in [4.78, 5) is 14.7. The molecule has 6 heteroatoms. The number of rotatable bonds is 3. The fourth-order valence-electron chi connectivity index (χ4n) is 1.41. The molecule has 0 bridgehead atoms. The molecule has 0 spiro atoms. The van der Waals surface area contributed by atoms with Crippen LogP contribution in [0.5, 0.6) is 0 Å². The molecule has 2 rings (SSSR count). The van der Waals surface area contributed by atoms with Crippen molar-refractivity contribution < 1.29 is 9.90 Å². The van der Waals surface area contributed by atoms with E-state index in [0.717, 1.165) is 5.56 Å². The van der Waals surface area contributed by atoms with Gasteiger partial charge in [-0.15, -0.1) is 10.2 Å². The number of carboxylic acids is 1. The van der Waals surface area contributed by atoms with Gasteiger partial charge in [-0.3, -0.25) is 14.3 Å². The number of carbonyl (C=O) groups is 1. The third-order valence-electron chi connectivity index (χ3n) is 2.15. The van der Waals surface area contributed by atoms with Crippen molar-refractivity contribution in [1.82, 2.24) is 19.7 Å². The minimum Gasteiger partial charge on any atom is -0.480 e. The van der Waals surface area contributed by atoms with E-state index < -0.39 is 5.97 Å². The van der Waals surface area contributed by atoms with E-state index in [1.807, 2.05) is 6.07 Å². The van der Waals surface area contributed by atoms with E-state index >= 15 is 0 Å². The summed E-state index contributed by atoms with van der Waals surface area (Å²) in [5, 5.41) is 16.6. The maximum Gasteiger partial charge on any atom is 0.323 e. The summed E-state index contributed by atoms with van der Waals surface area (Å²) in [6.07, 6.45) is 3.27. The van der Waals surface area contributed by atoms with Crippen LogP contribution in [-0.4, -0.2) is 30.8 Å². The predicted molar refractivity (Wildman–Crippen MR) is 55.6 cm³/mol. The molecule has 0 aliphatic carbocycles. The molecule has 0 aromatic carbocycles. The van der Waals surface area contributed by atoms with Crippen LogP contribution >= 0.6 is 0 Å². The summed E-state index contributed by atoms with van der Waals surface area (Å²) in [6, 6.07) is 3.58. The van der Waals surface area contributed by atoms with Crippen molar-refractivity contribution in [2.24, 2.45) is 0 Å². The number of hydrogen-bond donors (Lipinski definition) is 1. The van der Waals surface area contributed by atoms with Gasteiger partial charge in [0.15, 0.2) is 5.82 Å². The lowest BCUT2D eigenvalue weighted by Crippen LogP contribution is -2.11. The Morgan fingerprint density at radius 2 is 2.31 bits per heavy atom. The minimum atomic E-state index is -0.923. The van der Waals surface area contributed by atoms with Crippen LogP contribution in [-0.2, 0) is 11.3 Å². The van der Waals surface area contributed by atoms with Gasteiger partial charge in [-0.25, -0.2) is 0 Å². The summed E-state index contributed by atoms with van der Waals surface area (Å²) in [7, 11) is 0. The summed E-state index contributed by atoms with van der Waals surface area (Å²) in [5.41, 5.74) is 0.754. The van der Waals surface area contributed by atoms with E-state index in [2.05, 4.69) is 15.2 Å². The van der Waals surface area contributed by atoms with E-state index in [1.54, 1.807) is 30.0 Å². The molecular formula is C10H10N4O2. The Balaban J connectivity index is 2.46. The first kappa shape index (κ1) is 10.3. The lowest BCUT2D eigenvalue weighted by molar-refractivity contribution is -0.137. The van der Waals surface area contributed by atoms with Crippen LogP contribution in [0.15, 0.2) is 24.5 Å². The van der Waals surface area contributed by atoms with Crippen LogP contribution in [0.25, 0.3) is 11.4 Å². The van der Waals surface area contributed by atoms with Gasteiger partial charge in [-0.2, -0.15) is 0 Å². The topological polar surface area (TPSA) is 80.9 Å². The highest BCUT2D eigenvalue weighted by Gasteiger charge is 2.13. The Kier molecular flexibility index (Phi) is 2.63. The molecule has 0 aliphatic heterocycles. The fraction of sp³-hybridized carbons (Fsp3) is 0.200. The van der Waals surface area contributed by atoms with Crippen molar-refractivity contribution in [2.75, 3.05) is 0 Å². The molecule has 0 amide bonds. The van der Waals surface area contributed by atoms with Crippen LogP contribution in [0.4, 0.5) is 0 Å². The first-order valence-corrected chi connectivity index (χ1v) is 4.70. The van der Waals surface area contributed by atoms with E-state index in [9.17, 15) is 4.79 Å². The Bertz CT molecular complexity index is 507. The molecule has 0 radical (unpaired) electrons. The zero-order chi connectivity index (χ0) is 11.5. The Morgan fingerprint density at radius 3 is 2.94 bits per heavy atom. The molecule has 0 aliphatic rings. The molecule has 0 fully saturated rings. The number of nitrogens with zero attached hydrogens (tertiary/aromatic N) is 4. The lowest BCUT2D eigenvalue weighted by atomic mass is 10.2. The quantitative estimate of drug-likeness (QED) is 0.821. The molecule has 16 heavy (non-hydrogen) atoms. The summed E-state index contributed by atoms with van der Waals surface area (Å²) in [5.74, 6) is 0.169. The maximum absolute atomic E-state index is 10.7. The Labute approximate surface area is 91.6 Å². The van der Waals surface area contributed by atoms with Crippen molar-refractivity contribution in [2.45, 2.75) is 13.5 Å². The lowest BCUT2D eigenvalue weighted by Gasteiger charge is -2.04. The molecule has 0 atom stereocenters. The molecule has 2 heterocycles. The monoisotopic (exact) mass is 218 g/mol. The molecular weight excluding hydrogens is 208 g/mol. The fourth-order valence-corrected chi connectivity index (χ4v) is 1.41. The van der Waals surface area contributed by atoms with Crippen LogP contribution < -0.4 is 0 Å². The van der Waals surface area contributed by atoms with Crippen LogP contribution in [0.2, 0.25) is 0 Å². The molecule has 0 saturated heterocycles. The van der Waals surface area contributed by atoms with Crippen molar-refractivity contribution in [3.8, 4) is 11.4 Å². The van der Waals surface area contributed by atoms with Gasteiger partial charge in [0.05, 0.1) is 0 Å². The second-order valence-corrected chi connectivity index (χ2v) is 3.29. The van der Waals surface area contributed by atoms with Gasteiger partial charge < -0.3 is 5.11 Å². The van der Waals surface area contributed by atoms with Gasteiger partial charge in [0.2, 0.25) is 0 Å². The number of pyridine rings is 1. The zero-order valence-electron chi connectivity index (χ0n) is 8.66. The van der Waals surface area contributed by atoms with Crippen molar-refractivity contribution in [3.05, 3.63) is 30.4 Å². The van der Waals surface area contributed by atoms with Gasteiger partial charge in [-0.1, -0.05) is 0 Å². The number of aromatic nitrogens is 4. The van der Waals surface area contributed by atoms with E-state index in [-0.39, 0.29) is 6.54 Å². The zero-order valence-corrected chi connectivity index (χ0v) is 8.66. The van der Waals surface area contributed by atoms with Gasteiger partial charge in [0.1, 0.15) is 12.4 Å². The normalized spacial score (nSPS) is 10.3. The third-order valence-corrected chi connectivity index (χ3v) is 2.15. The van der Waals surface area contributed by atoms with Gasteiger partial charge in [-0.05, 0) is 19.1 Å². The van der Waals surface area contributed by atoms with E-state index in [4.69, 9.17) is 5.11 Å². The number of aryl methyl sites for hydroxylation is 1. The number of aliphatic carboxylic acids is 1. The molecule has 82 valence electrons. The highest BCUT2D eigenvalue weighted by molar-refractivity contribution is 5.68. The van der Waals surface area contributed by atoms with Crippen LogP contribution in [0.1, 0.15) is 5.82 Å². The van der Waals surface area contributed by atoms with Crippen LogP contribution in [0, 0.1) is 6.92 Å². The molecule has 0 unspecified atom stereocenters. The summed E-state index contributed by atoms with van der Waals surface area (Å²) < 4.78 is 1.54. The van der Waals surface area contributed by atoms with E-state index in [0.29, 0.717) is 11.6 Å². The number of hydrogen-bond acceptors (Lipinski definition) is 4.